The van der Waals surface area contributed by atoms with E-state index in [1.54, 1.807) is 12.3 Å². The highest BCUT2D eigenvalue weighted by molar-refractivity contribution is 6.34. The number of aryl methyl sites for hydroxylation is 2. The molecule has 0 unspecified atom stereocenters. The van der Waals surface area contributed by atoms with E-state index in [1.165, 1.54) is 31.6 Å². The molecule has 1 amide bonds. The fourth-order valence-corrected chi connectivity index (χ4v) is 3.25. The molecule has 0 spiro atoms. The Morgan fingerprint density at radius 1 is 1.22 bits per heavy atom. The molecule has 1 N–H and O–H groups in total. The standard InChI is InChI=1S/C21H16ClFN6O3/c1-3-15-12(7-11(8-24-15)20-28-29(2)21(31)32-20)16-9-26-17(10-25-16)27-19(30)18-13(22)5-4-6-14(18)23/h4-10H,3H2,1-2H3,(H,26,27,30). The van der Waals surface area contributed by atoms with Gasteiger partial charge in [0.15, 0.2) is 5.82 Å². The zero-order valence-electron chi connectivity index (χ0n) is 17.0. The predicted molar refractivity (Wildman–Crippen MR) is 115 cm³/mol. The van der Waals surface area contributed by atoms with Gasteiger partial charge in [0, 0.05) is 24.5 Å². The monoisotopic (exact) mass is 454 g/mol. The van der Waals surface area contributed by atoms with Crippen LogP contribution in [0.4, 0.5) is 10.2 Å². The summed E-state index contributed by atoms with van der Waals surface area (Å²) in [6.07, 6.45) is 4.98. The molecule has 0 aliphatic heterocycles. The van der Waals surface area contributed by atoms with Crippen molar-refractivity contribution in [3.05, 3.63) is 75.5 Å². The second-order valence-electron chi connectivity index (χ2n) is 6.71. The van der Waals surface area contributed by atoms with Gasteiger partial charge < -0.3 is 9.73 Å². The molecule has 32 heavy (non-hydrogen) atoms. The highest BCUT2D eigenvalue weighted by Gasteiger charge is 2.17. The first kappa shape index (κ1) is 21.3. The molecule has 0 saturated heterocycles. The van der Waals surface area contributed by atoms with Crippen molar-refractivity contribution in [1.82, 2.24) is 24.7 Å². The molecule has 0 bridgehead atoms. The van der Waals surface area contributed by atoms with Gasteiger partial charge in [0.25, 0.3) is 11.8 Å². The minimum Gasteiger partial charge on any atom is -0.388 e. The molecule has 0 radical (unpaired) electrons. The molecule has 0 aliphatic carbocycles. The first-order valence-corrected chi connectivity index (χ1v) is 9.86. The maximum atomic E-state index is 14.0. The number of carbonyl (C=O) groups excluding carboxylic acids is 1. The van der Waals surface area contributed by atoms with Crippen LogP contribution in [-0.4, -0.2) is 30.6 Å². The third kappa shape index (κ3) is 4.12. The second kappa shape index (κ2) is 8.67. The van der Waals surface area contributed by atoms with E-state index in [1.807, 2.05) is 6.92 Å². The Morgan fingerprint density at radius 2 is 2.03 bits per heavy atom. The number of amides is 1. The lowest BCUT2D eigenvalue weighted by atomic mass is 10.1. The number of anilines is 1. The molecule has 3 aromatic heterocycles. The third-order valence-corrected chi connectivity index (χ3v) is 4.92. The number of aromatic nitrogens is 5. The molecule has 0 aliphatic rings. The number of halogens is 2. The van der Waals surface area contributed by atoms with Crippen molar-refractivity contribution in [3.8, 4) is 22.7 Å². The van der Waals surface area contributed by atoms with Crippen LogP contribution < -0.4 is 11.1 Å². The van der Waals surface area contributed by atoms with E-state index >= 15 is 0 Å². The number of carbonyl (C=O) groups is 1. The second-order valence-corrected chi connectivity index (χ2v) is 7.11. The minimum atomic E-state index is -0.740. The molecular formula is C21H16ClFN6O3. The van der Waals surface area contributed by atoms with Crippen LogP contribution in [0.15, 0.2) is 52.1 Å². The topological polar surface area (TPSA) is 116 Å². The predicted octanol–water partition coefficient (Wildman–Crippen LogP) is 3.50. The molecule has 0 saturated carbocycles. The van der Waals surface area contributed by atoms with Gasteiger partial charge in [-0.15, -0.1) is 5.10 Å². The number of hydrogen-bond acceptors (Lipinski definition) is 7. The van der Waals surface area contributed by atoms with Crippen molar-refractivity contribution in [3.63, 3.8) is 0 Å². The van der Waals surface area contributed by atoms with Gasteiger partial charge in [0.1, 0.15) is 5.82 Å². The van der Waals surface area contributed by atoms with Crippen molar-refractivity contribution in [1.29, 1.82) is 0 Å². The largest absolute Gasteiger partial charge is 0.437 e. The van der Waals surface area contributed by atoms with Gasteiger partial charge in [-0.1, -0.05) is 24.6 Å². The van der Waals surface area contributed by atoms with E-state index in [2.05, 4.69) is 25.4 Å². The average molecular weight is 455 g/mol. The first-order chi connectivity index (χ1) is 15.4. The Hall–Kier alpha value is -3.92. The Kier molecular flexibility index (Phi) is 5.78. The molecule has 9 nitrogen and oxygen atoms in total. The quantitative estimate of drug-likeness (QED) is 0.490. The van der Waals surface area contributed by atoms with Crippen molar-refractivity contribution < 1.29 is 13.6 Å². The fourth-order valence-electron chi connectivity index (χ4n) is 3.00. The van der Waals surface area contributed by atoms with Crippen molar-refractivity contribution in [2.75, 3.05) is 5.32 Å². The SMILES string of the molecule is CCc1ncc(-c2nn(C)c(=O)o2)cc1-c1cnc(NC(=O)c2c(F)cccc2Cl)cn1. The van der Waals surface area contributed by atoms with Crippen LogP contribution in [0.5, 0.6) is 0 Å². The van der Waals surface area contributed by atoms with Crippen LogP contribution in [-0.2, 0) is 13.5 Å². The number of nitrogens with zero attached hydrogens (tertiary/aromatic N) is 5. The van der Waals surface area contributed by atoms with Gasteiger partial charge >= 0.3 is 5.76 Å². The molecule has 3 heterocycles. The maximum absolute atomic E-state index is 14.0. The molecule has 0 fully saturated rings. The maximum Gasteiger partial charge on any atom is 0.437 e. The summed E-state index contributed by atoms with van der Waals surface area (Å²) < 4.78 is 20.2. The van der Waals surface area contributed by atoms with E-state index in [-0.39, 0.29) is 22.3 Å². The van der Waals surface area contributed by atoms with Crippen LogP contribution in [0.25, 0.3) is 22.7 Å². The highest BCUT2D eigenvalue weighted by atomic mass is 35.5. The van der Waals surface area contributed by atoms with Gasteiger partial charge in [0.05, 0.1) is 34.2 Å². The van der Waals surface area contributed by atoms with Crippen molar-refractivity contribution in [2.24, 2.45) is 7.05 Å². The molecular weight excluding hydrogens is 439 g/mol. The normalized spacial score (nSPS) is 10.9. The Bertz CT molecular complexity index is 1350. The van der Waals surface area contributed by atoms with Crippen LogP contribution in [0.2, 0.25) is 5.02 Å². The number of pyridine rings is 1. The van der Waals surface area contributed by atoms with Crippen LogP contribution in [0, 0.1) is 5.82 Å². The summed E-state index contributed by atoms with van der Waals surface area (Å²) in [6, 6.07) is 5.72. The Balaban J connectivity index is 1.63. The van der Waals surface area contributed by atoms with Gasteiger partial charge in [0.2, 0.25) is 0 Å². The molecule has 162 valence electrons. The van der Waals surface area contributed by atoms with Gasteiger partial charge in [-0.2, -0.15) is 4.68 Å². The van der Waals surface area contributed by atoms with Gasteiger partial charge in [-0.25, -0.2) is 14.2 Å². The van der Waals surface area contributed by atoms with E-state index in [0.717, 1.165) is 16.4 Å². The Labute approximate surface area is 185 Å². The van der Waals surface area contributed by atoms with Crippen molar-refractivity contribution >= 4 is 23.3 Å². The highest BCUT2D eigenvalue weighted by Crippen LogP contribution is 2.26. The smallest absolute Gasteiger partial charge is 0.388 e. The lowest BCUT2D eigenvalue weighted by Crippen LogP contribution is -2.15. The lowest BCUT2D eigenvalue weighted by Gasteiger charge is -2.09. The summed E-state index contributed by atoms with van der Waals surface area (Å²) >= 11 is 5.93. The number of benzene rings is 1. The van der Waals surface area contributed by atoms with E-state index in [4.69, 9.17) is 16.0 Å². The molecule has 4 rings (SSSR count). The number of hydrogen-bond donors (Lipinski definition) is 1. The Morgan fingerprint density at radius 3 is 2.66 bits per heavy atom. The summed E-state index contributed by atoms with van der Waals surface area (Å²) in [5, 5.41) is 6.50. The minimum absolute atomic E-state index is 0.0104. The average Bonchev–Trinajstić information content (AvgIpc) is 3.12. The molecule has 1 aromatic carbocycles. The molecule has 11 heteroatoms. The number of nitrogens with one attached hydrogen (secondary N) is 1. The first-order valence-electron chi connectivity index (χ1n) is 9.48. The summed E-state index contributed by atoms with van der Waals surface area (Å²) in [7, 11) is 1.48. The fraction of sp³-hybridized carbons (Fsp3) is 0.143. The van der Waals surface area contributed by atoms with Crippen LogP contribution in [0.3, 0.4) is 0 Å². The zero-order valence-corrected chi connectivity index (χ0v) is 17.7. The van der Waals surface area contributed by atoms with Gasteiger partial charge in [-0.3, -0.25) is 14.8 Å². The number of rotatable bonds is 5. The summed E-state index contributed by atoms with van der Waals surface area (Å²) in [4.78, 5) is 36.9. The van der Waals surface area contributed by atoms with E-state index in [0.29, 0.717) is 23.2 Å². The molecule has 0 atom stereocenters. The third-order valence-electron chi connectivity index (χ3n) is 4.60. The van der Waals surface area contributed by atoms with Crippen LogP contribution in [0.1, 0.15) is 23.0 Å². The van der Waals surface area contributed by atoms with E-state index < -0.39 is 17.5 Å². The summed E-state index contributed by atoms with van der Waals surface area (Å²) in [5.41, 5.74) is 2.12. The lowest BCUT2D eigenvalue weighted by molar-refractivity contribution is 0.102. The molecule has 4 aromatic rings. The van der Waals surface area contributed by atoms with Gasteiger partial charge in [-0.05, 0) is 24.6 Å². The van der Waals surface area contributed by atoms with E-state index in [9.17, 15) is 14.0 Å². The van der Waals surface area contributed by atoms with Crippen LogP contribution >= 0.6 is 11.6 Å². The zero-order chi connectivity index (χ0) is 22.8. The summed E-state index contributed by atoms with van der Waals surface area (Å²) in [5.74, 6) is -1.81. The summed E-state index contributed by atoms with van der Waals surface area (Å²) in [6.45, 7) is 1.94. The van der Waals surface area contributed by atoms with Crippen molar-refractivity contribution in [2.45, 2.75) is 13.3 Å².